The van der Waals surface area contributed by atoms with Gasteiger partial charge in [-0.3, -0.25) is 0 Å². The van der Waals surface area contributed by atoms with Gasteiger partial charge >= 0.3 is 0 Å². The third-order valence-electron chi connectivity index (χ3n) is 0.270. The molecule has 1 rings (SSSR count). The Bertz CT molecular complexity index is 97.2. The van der Waals surface area contributed by atoms with Gasteiger partial charge in [0.05, 0.1) is 0 Å². The van der Waals surface area contributed by atoms with E-state index in [1.54, 1.807) is 0 Å². The van der Waals surface area contributed by atoms with Crippen LogP contribution in [-0.4, -0.2) is 46.7 Å². The van der Waals surface area contributed by atoms with Crippen molar-refractivity contribution in [3.05, 3.63) is 6.33 Å². The number of H-pyrrole nitrogens is 1. The van der Waals surface area contributed by atoms with Crippen LogP contribution in [0.1, 0.15) is 0 Å². The smallest absolute Gasteiger partial charge is 0.161 e. The second-order valence-corrected chi connectivity index (χ2v) is 1.90. The van der Waals surface area contributed by atoms with Crippen LogP contribution in [0.4, 0.5) is 0 Å². The van der Waals surface area contributed by atoms with E-state index in [1.165, 1.54) is 6.33 Å². The summed E-state index contributed by atoms with van der Waals surface area (Å²) >= 11 is 0. The standard InChI is InChI=1S/C3H9N.CH2N4.Zr/c1-4(2)3;1-2-4-5-3-1;/h1-3H3;1H,(H,2,3,4,5);. The van der Waals surface area contributed by atoms with E-state index in [1.807, 2.05) is 26.0 Å². The SMILES string of the molecule is CN(C)C.[Zr].c1nn[nH]n1. The van der Waals surface area contributed by atoms with E-state index in [0.717, 1.165) is 0 Å². The molecule has 5 nitrogen and oxygen atoms in total. The van der Waals surface area contributed by atoms with Crippen LogP contribution in [-0.2, 0) is 26.2 Å². The van der Waals surface area contributed by atoms with Crippen LogP contribution in [0, 0.1) is 0 Å². The summed E-state index contributed by atoms with van der Waals surface area (Å²) in [7, 11) is 6.00. The topological polar surface area (TPSA) is 57.7 Å². The molecule has 0 atom stereocenters. The minimum absolute atomic E-state index is 0. The molecule has 0 spiro atoms. The molecular formula is C4H11N5Zr. The van der Waals surface area contributed by atoms with Gasteiger partial charge in [-0.2, -0.15) is 5.21 Å². The number of aromatic amines is 1. The minimum Gasteiger partial charge on any atom is -0.312 e. The molecule has 0 aromatic carbocycles. The van der Waals surface area contributed by atoms with Crippen molar-refractivity contribution in [1.82, 2.24) is 25.5 Å². The Morgan fingerprint density at radius 2 is 1.80 bits per heavy atom. The molecule has 0 aliphatic heterocycles. The predicted molar refractivity (Wildman–Crippen MR) is 33.8 cm³/mol. The first kappa shape index (κ1) is 12.6. The van der Waals surface area contributed by atoms with Gasteiger partial charge in [0.2, 0.25) is 0 Å². The summed E-state index contributed by atoms with van der Waals surface area (Å²) in [5.74, 6) is 0. The van der Waals surface area contributed by atoms with Crippen molar-refractivity contribution in [2.75, 3.05) is 21.1 Å². The van der Waals surface area contributed by atoms with Crippen molar-refractivity contribution in [2.45, 2.75) is 0 Å². The molecule has 1 N–H and O–H groups in total. The number of hydrogen-bond donors (Lipinski definition) is 1. The fourth-order valence-corrected chi connectivity index (χ4v) is 0.129. The fraction of sp³-hybridized carbons (Fsp3) is 0.750. The van der Waals surface area contributed by atoms with Crippen LogP contribution >= 0.6 is 0 Å². The largest absolute Gasteiger partial charge is 0.312 e. The average molecular weight is 220 g/mol. The van der Waals surface area contributed by atoms with E-state index in [4.69, 9.17) is 0 Å². The molecular weight excluding hydrogens is 209 g/mol. The molecule has 1 heterocycles. The number of hydrogen-bond acceptors (Lipinski definition) is 4. The van der Waals surface area contributed by atoms with Crippen LogP contribution in [0.15, 0.2) is 6.33 Å². The molecule has 6 heteroatoms. The maximum absolute atomic E-state index is 3.38. The molecule has 0 fully saturated rings. The third kappa shape index (κ3) is 15.7. The van der Waals surface area contributed by atoms with E-state index in [0.29, 0.717) is 0 Å². The summed E-state index contributed by atoms with van der Waals surface area (Å²) in [5, 5.41) is 12.2. The fourth-order valence-electron chi connectivity index (χ4n) is 0.129. The molecule has 56 valence electrons. The number of aromatic nitrogens is 4. The summed E-state index contributed by atoms with van der Waals surface area (Å²) < 4.78 is 0. The van der Waals surface area contributed by atoms with Crippen molar-refractivity contribution in [3.63, 3.8) is 0 Å². The summed E-state index contributed by atoms with van der Waals surface area (Å²) in [5.41, 5.74) is 0. The number of nitrogens with zero attached hydrogens (tertiary/aromatic N) is 4. The van der Waals surface area contributed by atoms with Crippen LogP contribution < -0.4 is 0 Å². The van der Waals surface area contributed by atoms with E-state index in [2.05, 4.69) is 20.6 Å². The Morgan fingerprint density at radius 3 is 1.90 bits per heavy atom. The predicted octanol–water partition coefficient (Wildman–Crippen LogP) is -0.625. The van der Waals surface area contributed by atoms with Crippen molar-refractivity contribution in [2.24, 2.45) is 0 Å². The van der Waals surface area contributed by atoms with Gasteiger partial charge < -0.3 is 4.90 Å². The number of rotatable bonds is 0. The third-order valence-corrected chi connectivity index (χ3v) is 0.270. The van der Waals surface area contributed by atoms with Crippen molar-refractivity contribution in [3.8, 4) is 0 Å². The Kier molecular flexibility index (Phi) is 11.2. The van der Waals surface area contributed by atoms with E-state index < -0.39 is 0 Å². The van der Waals surface area contributed by atoms with Gasteiger partial charge in [0.15, 0.2) is 6.33 Å². The number of tetrazole rings is 1. The van der Waals surface area contributed by atoms with E-state index in [9.17, 15) is 0 Å². The minimum atomic E-state index is 0. The van der Waals surface area contributed by atoms with Crippen LogP contribution in [0.25, 0.3) is 0 Å². The second-order valence-electron chi connectivity index (χ2n) is 1.90. The number of nitrogens with one attached hydrogen (secondary N) is 1. The molecule has 0 saturated heterocycles. The molecule has 0 aliphatic rings. The Morgan fingerprint density at radius 1 is 1.30 bits per heavy atom. The molecule has 1 aromatic heterocycles. The molecule has 0 aliphatic carbocycles. The van der Waals surface area contributed by atoms with Crippen molar-refractivity contribution in [1.29, 1.82) is 0 Å². The first-order valence-corrected chi connectivity index (χ1v) is 2.51. The zero-order valence-electron chi connectivity index (χ0n) is 6.37. The molecule has 0 amide bonds. The van der Waals surface area contributed by atoms with Gasteiger partial charge in [0, 0.05) is 26.2 Å². The molecule has 0 saturated carbocycles. The van der Waals surface area contributed by atoms with Gasteiger partial charge in [-0.25, -0.2) is 0 Å². The van der Waals surface area contributed by atoms with Crippen molar-refractivity contribution >= 4 is 0 Å². The summed E-state index contributed by atoms with van der Waals surface area (Å²) in [6.07, 6.45) is 1.33. The molecule has 1 aromatic rings. The summed E-state index contributed by atoms with van der Waals surface area (Å²) in [4.78, 5) is 2.00. The maximum Gasteiger partial charge on any atom is 0.161 e. The summed E-state index contributed by atoms with van der Waals surface area (Å²) in [6.45, 7) is 0. The van der Waals surface area contributed by atoms with Gasteiger partial charge in [0.25, 0.3) is 0 Å². The summed E-state index contributed by atoms with van der Waals surface area (Å²) in [6, 6.07) is 0. The van der Waals surface area contributed by atoms with Crippen LogP contribution in [0.3, 0.4) is 0 Å². The quantitative estimate of drug-likeness (QED) is 0.633. The molecule has 10 heavy (non-hydrogen) atoms. The zero-order valence-corrected chi connectivity index (χ0v) is 8.82. The molecule has 0 bridgehead atoms. The van der Waals surface area contributed by atoms with Gasteiger partial charge in [-0.15, -0.1) is 10.2 Å². The monoisotopic (exact) mass is 219 g/mol. The van der Waals surface area contributed by atoms with E-state index >= 15 is 0 Å². The van der Waals surface area contributed by atoms with Gasteiger partial charge in [-0.1, -0.05) is 5.21 Å². The Balaban J connectivity index is 0. The Hall–Kier alpha value is -0.0869. The first-order chi connectivity index (χ1) is 4.23. The van der Waals surface area contributed by atoms with Gasteiger partial charge in [0.1, 0.15) is 0 Å². The van der Waals surface area contributed by atoms with Crippen LogP contribution in [0.2, 0.25) is 0 Å². The molecule has 0 radical (unpaired) electrons. The van der Waals surface area contributed by atoms with Crippen LogP contribution in [0.5, 0.6) is 0 Å². The normalized spacial score (nSPS) is 7.60. The van der Waals surface area contributed by atoms with Gasteiger partial charge in [-0.05, 0) is 21.1 Å². The van der Waals surface area contributed by atoms with E-state index in [-0.39, 0.29) is 26.2 Å². The first-order valence-electron chi connectivity index (χ1n) is 2.51. The maximum atomic E-state index is 3.38. The second kappa shape index (κ2) is 8.91. The molecule has 0 unspecified atom stereocenters. The Labute approximate surface area is 79.3 Å². The average Bonchev–Trinajstić information content (AvgIpc) is 2.11. The van der Waals surface area contributed by atoms with Crippen molar-refractivity contribution < 1.29 is 26.2 Å². The zero-order chi connectivity index (χ0) is 7.11.